The van der Waals surface area contributed by atoms with E-state index in [0.29, 0.717) is 32.2 Å². The number of rotatable bonds is 14. The number of carboxylic acid groups (broad SMARTS) is 1. The third-order valence-corrected chi connectivity index (χ3v) is 5.67. The van der Waals surface area contributed by atoms with Gasteiger partial charge in [-0.15, -0.1) is 0 Å². The van der Waals surface area contributed by atoms with Crippen LogP contribution >= 0.6 is 0 Å². The molecule has 14 nitrogen and oxygen atoms in total. The van der Waals surface area contributed by atoms with Crippen LogP contribution in [0, 0.1) is 5.92 Å². The van der Waals surface area contributed by atoms with Gasteiger partial charge in [0.15, 0.2) is 5.96 Å². The smallest absolute Gasteiger partial charge is 0.326 e. The Morgan fingerprint density at radius 2 is 1.74 bits per heavy atom. The van der Waals surface area contributed by atoms with Crippen molar-refractivity contribution in [1.82, 2.24) is 15.5 Å². The topological polar surface area (TPSA) is 249 Å². The summed E-state index contributed by atoms with van der Waals surface area (Å²) in [6, 6.07) is -4.02. The van der Waals surface area contributed by atoms with E-state index in [0.717, 1.165) is 0 Å². The Labute approximate surface area is 204 Å². The maximum absolute atomic E-state index is 13.3. The summed E-state index contributed by atoms with van der Waals surface area (Å²) in [7, 11) is 0. The van der Waals surface area contributed by atoms with Gasteiger partial charge in [0.2, 0.25) is 23.6 Å². The lowest BCUT2D eigenvalue weighted by Gasteiger charge is -2.31. The molecule has 0 aromatic carbocycles. The van der Waals surface area contributed by atoms with E-state index in [1.807, 2.05) is 0 Å². The summed E-state index contributed by atoms with van der Waals surface area (Å²) >= 11 is 0. The number of carbonyl (C=O) groups excluding carboxylic acids is 4. The van der Waals surface area contributed by atoms with Gasteiger partial charge >= 0.3 is 5.97 Å². The number of carbonyl (C=O) groups is 5. The first-order valence-electron chi connectivity index (χ1n) is 11.6. The maximum atomic E-state index is 13.3. The number of nitrogens with one attached hydrogen (secondary N) is 2. The molecular formula is C21H38N8O6. The Bertz CT molecular complexity index is 814. The van der Waals surface area contributed by atoms with E-state index < -0.39 is 53.8 Å². The highest BCUT2D eigenvalue weighted by molar-refractivity contribution is 5.94. The van der Waals surface area contributed by atoms with Gasteiger partial charge in [0.25, 0.3) is 0 Å². The lowest BCUT2D eigenvalue weighted by atomic mass is 10.0. The second kappa shape index (κ2) is 14.1. The lowest BCUT2D eigenvalue weighted by molar-refractivity contribution is -0.145. The molecule has 4 amide bonds. The van der Waals surface area contributed by atoms with Gasteiger partial charge in [0, 0.05) is 19.5 Å². The van der Waals surface area contributed by atoms with Gasteiger partial charge in [-0.1, -0.05) is 13.8 Å². The van der Waals surface area contributed by atoms with E-state index >= 15 is 0 Å². The van der Waals surface area contributed by atoms with Crippen LogP contribution in [0.3, 0.4) is 0 Å². The van der Waals surface area contributed by atoms with Crippen LogP contribution in [-0.2, 0) is 24.0 Å². The van der Waals surface area contributed by atoms with Crippen molar-refractivity contribution in [2.45, 2.75) is 76.5 Å². The molecule has 1 heterocycles. The van der Waals surface area contributed by atoms with E-state index in [4.69, 9.17) is 22.9 Å². The summed E-state index contributed by atoms with van der Waals surface area (Å²) in [4.78, 5) is 66.3. The molecule has 1 aliphatic rings. The molecule has 4 unspecified atom stereocenters. The van der Waals surface area contributed by atoms with Crippen molar-refractivity contribution < 1.29 is 29.1 Å². The largest absolute Gasteiger partial charge is 0.480 e. The average molecular weight is 499 g/mol. The number of primary amides is 1. The molecule has 14 heteroatoms. The Hall–Kier alpha value is -3.42. The minimum Gasteiger partial charge on any atom is -0.480 e. The van der Waals surface area contributed by atoms with Crippen molar-refractivity contribution in [2.75, 3.05) is 13.1 Å². The number of amides is 4. The lowest BCUT2D eigenvalue weighted by Crippen LogP contribution is -2.58. The van der Waals surface area contributed by atoms with Gasteiger partial charge in [-0.05, 0) is 38.0 Å². The first-order chi connectivity index (χ1) is 16.3. The monoisotopic (exact) mass is 498 g/mol. The third-order valence-electron chi connectivity index (χ3n) is 5.67. The zero-order valence-corrected chi connectivity index (χ0v) is 20.2. The van der Waals surface area contributed by atoms with Crippen molar-refractivity contribution in [3.05, 3.63) is 0 Å². The summed E-state index contributed by atoms with van der Waals surface area (Å²) < 4.78 is 0. The molecule has 0 aliphatic carbocycles. The normalized spacial score (nSPS) is 17.8. The second-order valence-corrected chi connectivity index (χ2v) is 8.88. The molecule has 0 bridgehead atoms. The fourth-order valence-corrected chi connectivity index (χ4v) is 3.72. The summed E-state index contributed by atoms with van der Waals surface area (Å²) in [5.74, 6) is -3.96. The number of nitrogens with zero attached hydrogens (tertiary/aromatic N) is 2. The number of carboxylic acids is 1. The van der Waals surface area contributed by atoms with Gasteiger partial charge in [-0.3, -0.25) is 24.2 Å². The van der Waals surface area contributed by atoms with Crippen molar-refractivity contribution in [3.8, 4) is 0 Å². The van der Waals surface area contributed by atoms with E-state index in [9.17, 15) is 29.1 Å². The Balaban J connectivity index is 2.83. The van der Waals surface area contributed by atoms with Crippen LogP contribution < -0.4 is 33.6 Å². The molecule has 4 atom stereocenters. The van der Waals surface area contributed by atoms with Crippen molar-refractivity contribution >= 4 is 35.6 Å². The molecule has 11 N–H and O–H groups in total. The zero-order valence-electron chi connectivity index (χ0n) is 20.2. The van der Waals surface area contributed by atoms with Gasteiger partial charge in [-0.25, -0.2) is 4.79 Å². The first-order valence-corrected chi connectivity index (χ1v) is 11.6. The van der Waals surface area contributed by atoms with Crippen LogP contribution in [-0.4, -0.2) is 82.8 Å². The predicted octanol–water partition coefficient (Wildman–Crippen LogP) is -2.67. The second-order valence-electron chi connectivity index (χ2n) is 8.88. The fraction of sp³-hybridized carbons (Fsp3) is 0.714. The SMILES string of the molecule is CC(C)C(NC(=O)C(N)CCCN=C(N)N)C(=O)N1CCCC1C(=O)NC(CCC(N)=O)C(=O)O. The van der Waals surface area contributed by atoms with E-state index in [1.54, 1.807) is 13.8 Å². The van der Waals surface area contributed by atoms with Crippen LogP contribution in [0.5, 0.6) is 0 Å². The maximum Gasteiger partial charge on any atom is 0.326 e. The molecule has 1 rings (SSSR count). The van der Waals surface area contributed by atoms with Crippen LogP contribution in [0.25, 0.3) is 0 Å². The molecule has 1 saturated heterocycles. The molecule has 1 fully saturated rings. The van der Waals surface area contributed by atoms with Crippen molar-refractivity contribution in [1.29, 1.82) is 0 Å². The number of guanidine groups is 1. The van der Waals surface area contributed by atoms with Gasteiger partial charge in [0.05, 0.1) is 6.04 Å². The van der Waals surface area contributed by atoms with Crippen LogP contribution in [0.4, 0.5) is 0 Å². The van der Waals surface area contributed by atoms with E-state index in [2.05, 4.69) is 15.6 Å². The Morgan fingerprint density at radius 3 is 2.29 bits per heavy atom. The summed E-state index contributed by atoms with van der Waals surface area (Å²) in [5, 5.41) is 14.4. The number of hydrogen-bond acceptors (Lipinski definition) is 7. The van der Waals surface area contributed by atoms with Crippen LogP contribution in [0.2, 0.25) is 0 Å². The van der Waals surface area contributed by atoms with Crippen LogP contribution in [0.15, 0.2) is 4.99 Å². The minimum atomic E-state index is -1.31. The highest BCUT2D eigenvalue weighted by atomic mass is 16.4. The highest BCUT2D eigenvalue weighted by Crippen LogP contribution is 2.21. The fourth-order valence-electron chi connectivity index (χ4n) is 3.72. The minimum absolute atomic E-state index is 0.0553. The van der Waals surface area contributed by atoms with Crippen LogP contribution in [0.1, 0.15) is 52.4 Å². The molecule has 0 radical (unpaired) electrons. The molecule has 0 aromatic heterocycles. The third kappa shape index (κ3) is 9.76. The van der Waals surface area contributed by atoms with Gasteiger partial charge in [-0.2, -0.15) is 0 Å². The Morgan fingerprint density at radius 1 is 1.09 bits per heavy atom. The number of likely N-dealkylation sites (tertiary alicyclic amines) is 1. The summed E-state index contributed by atoms with van der Waals surface area (Å²) in [5.41, 5.74) is 21.5. The zero-order chi connectivity index (χ0) is 26.7. The molecule has 198 valence electrons. The number of aliphatic carboxylic acids is 1. The molecule has 0 spiro atoms. The highest BCUT2D eigenvalue weighted by Gasteiger charge is 2.40. The molecule has 1 aliphatic heterocycles. The number of nitrogens with two attached hydrogens (primary N) is 4. The van der Waals surface area contributed by atoms with Crippen molar-refractivity contribution in [3.63, 3.8) is 0 Å². The summed E-state index contributed by atoms with van der Waals surface area (Å²) in [6.07, 6.45) is 1.27. The average Bonchev–Trinajstić information content (AvgIpc) is 3.26. The van der Waals surface area contributed by atoms with Gasteiger partial charge < -0.3 is 43.6 Å². The van der Waals surface area contributed by atoms with E-state index in [-0.39, 0.29) is 31.3 Å². The quantitative estimate of drug-likeness (QED) is 0.0748. The molecule has 0 aromatic rings. The first kappa shape index (κ1) is 29.6. The molecule has 0 saturated carbocycles. The van der Waals surface area contributed by atoms with Gasteiger partial charge in [0.1, 0.15) is 18.1 Å². The van der Waals surface area contributed by atoms with E-state index in [1.165, 1.54) is 4.90 Å². The predicted molar refractivity (Wildman–Crippen MR) is 127 cm³/mol. The molecular weight excluding hydrogens is 460 g/mol. The summed E-state index contributed by atoms with van der Waals surface area (Å²) in [6.45, 7) is 4.10. The Kier molecular flexibility index (Phi) is 11.9. The van der Waals surface area contributed by atoms with Crippen molar-refractivity contribution in [2.24, 2.45) is 33.8 Å². The number of hydrogen-bond donors (Lipinski definition) is 7. The number of aliphatic imine (C=N–C) groups is 1. The molecule has 35 heavy (non-hydrogen) atoms. The standard InChI is InChI=1S/C21H38N8O6/c1-11(2)16(28-17(31)12(22)5-3-9-26-21(24)25)19(33)29-10-4-6-14(29)18(32)27-13(20(34)35)7-8-15(23)30/h11-14,16H,3-10,22H2,1-2H3,(H2,23,30)(H,27,32)(H,28,31)(H,34,35)(H4,24,25,26).